The van der Waals surface area contributed by atoms with Gasteiger partial charge in [-0.15, -0.1) is 0 Å². The maximum atomic E-state index is 13.9. The summed E-state index contributed by atoms with van der Waals surface area (Å²) in [6.45, 7) is 2.59. The van der Waals surface area contributed by atoms with Crippen LogP contribution in [-0.4, -0.2) is 35.4 Å². The van der Waals surface area contributed by atoms with Crippen molar-refractivity contribution in [3.8, 4) is 0 Å². The number of aliphatic hydroxyl groups is 1. The van der Waals surface area contributed by atoms with Crippen molar-refractivity contribution in [2.24, 2.45) is 5.92 Å². The average molecular weight is 285 g/mol. The van der Waals surface area contributed by atoms with Crippen LogP contribution in [0.4, 0.5) is 14.5 Å². The molecule has 1 aliphatic heterocycles. The number of carboxylic acid groups (broad SMARTS) is 1. The Morgan fingerprint density at radius 1 is 1.30 bits per heavy atom. The smallest absolute Gasteiger partial charge is 0.335 e. The first-order valence-electron chi connectivity index (χ1n) is 6.55. The van der Waals surface area contributed by atoms with Gasteiger partial charge in [-0.1, -0.05) is 0 Å². The quantitative estimate of drug-likeness (QED) is 0.894. The second-order valence-electron chi connectivity index (χ2n) is 5.16. The van der Waals surface area contributed by atoms with E-state index in [-0.39, 0.29) is 11.6 Å². The molecule has 0 bridgehead atoms. The summed E-state index contributed by atoms with van der Waals surface area (Å²) in [6.07, 6.45) is 0.871. The third kappa shape index (κ3) is 2.90. The van der Waals surface area contributed by atoms with Gasteiger partial charge in [0, 0.05) is 13.1 Å². The first kappa shape index (κ1) is 14.7. The van der Waals surface area contributed by atoms with Gasteiger partial charge in [0.1, 0.15) is 17.3 Å². The fourth-order valence-electron chi connectivity index (χ4n) is 2.60. The van der Waals surface area contributed by atoms with Gasteiger partial charge in [-0.2, -0.15) is 0 Å². The molecule has 0 saturated carbocycles. The highest BCUT2D eigenvalue weighted by Crippen LogP contribution is 2.30. The molecule has 20 heavy (non-hydrogen) atoms. The van der Waals surface area contributed by atoms with Crippen LogP contribution in [0.25, 0.3) is 0 Å². The summed E-state index contributed by atoms with van der Waals surface area (Å²) in [5, 5.41) is 18.3. The van der Waals surface area contributed by atoms with Crippen LogP contribution in [0, 0.1) is 17.6 Å². The first-order chi connectivity index (χ1) is 9.40. The molecule has 4 nitrogen and oxygen atoms in total. The Hall–Kier alpha value is -1.69. The van der Waals surface area contributed by atoms with E-state index in [1.807, 2.05) is 0 Å². The molecule has 0 aromatic heterocycles. The number of nitrogens with zero attached hydrogens (tertiary/aromatic N) is 1. The summed E-state index contributed by atoms with van der Waals surface area (Å²) in [5.41, 5.74) is -0.582. The number of aliphatic hydroxyl groups excluding tert-OH is 1. The van der Waals surface area contributed by atoms with E-state index in [0.29, 0.717) is 25.9 Å². The fourth-order valence-corrected chi connectivity index (χ4v) is 2.60. The van der Waals surface area contributed by atoms with E-state index in [0.717, 1.165) is 12.1 Å². The van der Waals surface area contributed by atoms with E-state index in [1.54, 1.807) is 11.8 Å². The van der Waals surface area contributed by atoms with Crippen LogP contribution in [0.15, 0.2) is 12.1 Å². The van der Waals surface area contributed by atoms with Crippen LogP contribution >= 0.6 is 0 Å². The average Bonchev–Trinajstić information content (AvgIpc) is 2.38. The number of aromatic carboxylic acids is 1. The second-order valence-corrected chi connectivity index (χ2v) is 5.16. The van der Waals surface area contributed by atoms with Gasteiger partial charge in [-0.25, -0.2) is 13.6 Å². The molecule has 0 amide bonds. The highest BCUT2D eigenvalue weighted by Gasteiger charge is 2.26. The molecule has 1 saturated heterocycles. The minimum atomic E-state index is -1.36. The molecule has 2 rings (SSSR count). The van der Waals surface area contributed by atoms with E-state index >= 15 is 0 Å². The first-order valence-corrected chi connectivity index (χ1v) is 6.55. The maximum absolute atomic E-state index is 13.9. The van der Waals surface area contributed by atoms with Crippen LogP contribution in [0.2, 0.25) is 0 Å². The Bertz CT molecular complexity index is 488. The van der Waals surface area contributed by atoms with Crippen molar-refractivity contribution in [1.29, 1.82) is 0 Å². The monoisotopic (exact) mass is 285 g/mol. The molecule has 1 aliphatic rings. The molecule has 110 valence electrons. The zero-order chi connectivity index (χ0) is 14.9. The lowest BCUT2D eigenvalue weighted by molar-refractivity contribution is 0.0695. The zero-order valence-electron chi connectivity index (χ0n) is 11.1. The number of rotatable bonds is 3. The predicted molar refractivity (Wildman–Crippen MR) is 69.9 cm³/mol. The molecule has 1 unspecified atom stereocenters. The molecule has 2 N–H and O–H groups in total. The van der Waals surface area contributed by atoms with Crippen LogP contribution < -0.4 is 4.90 Å². The fraction of sp³-hybridized carbons (Fsp3) is 0.500. The number of carbonyl (C=O) groups is 1. The summed E-state index contributed by atoms with van der Waals surface area (Å²) in [4.78, 5) is 12.3. The van der Waals surface area contributed by atoms with Gasteiger partial charge in [0.25, 0.3) is 0 Å². The number of piperidine rings is 1. The normalized spacial score (nSPS) is 18.1. The Labute approximate surface area is 115 Å². The topological polar surface area (TPSA) is 60.8 Å². The predicted octanol–water partition coefficient (Wildman–Crippen LogP) is 2.26. The molecular formula is C14H17F2NO3. The van der Waals surface area contributed by atoms with Crippen molar-refractivity contribution in [2.75, 3.05) is 18.0 Å². The van der Waals surface area contributed by atoms with Gasteiger partial charge in [0.2, 0.25) is 0 Å². The van der Waals surface area contributed by atoms with Crippen LogP contribution in [0.1, 0.15) is 30.1 Å². The Balaban J connectivity index is 2.20. The summed E-state index contributed by atoms with van der Waals surface area (Å²) >= 11 is 0. The number of hydrogen-bond acceptors (Lipinski definition) is 3. The standard InChI is InChI=1S/C14H17F2NO3/c1-8(18)9-2-4-17(5-3-9)13-11(15)6-10(14(19)20)7-12(13)16/h6-9,18H,2-5H2,1H3,(H,19,20). The highest BCUT2D eigenvalue weighted by atomic mass is 19.1. The summed E-state index contributed by atoms with van der Waals surface area (Å²) in [7, 11) is 0. The van der Waals surface area contributed by atoms with Gasteiger partial charge >= 0.3 is 5.97 Å². The number of benzene rings is 1. The van der Waals surface area contributed by atoms with Crippen LogP contribution in [0.5, 0.6) is 0 Å². The second kappa shape index (κ2) is 5.75. The van der Waals surface area contributed by atoms with Gasteiger partial charge < -0.3 is 15.1 Å². The van der Waals surface area contributed by atoms with E-state index in [4.69, 9.17) is 5.11 Å². The Morgan fingerprint density at radius 3 is 2.20 bits per heavy atom. The molecule has 1 atom stereocenters. The van der Waals surface area contributed by atoms with Crippen molar-refractivity contribution in [1.82, 2.24) is 0 Å². The van der Waals surface area contributed by atoms with Gasteiger partial charge in [0.15, 0.2) is 0 Å². The van der Waals surface area contributed by atoms with E-state index < -0.39 is 29.3 Å². The SMILES string of the molecule is CC(O)C1CCN(c2c(F)cc(C(=O)O)cc2F)CC1. The van der Waals surface area contributed by atoms with Crippen molar-refractivity contribution < 1.29 is 23.8 Å². The lowest BCUT2D eigenvalue weighted by atomic mass is 9.92. The molecule has 1 heterocycles. The number of hydrogen-bond donors (Lipinski definition) is 2. The number of carboxylic acids is 1. The van der Waals surface area contributed by atoms with E-state index in [2.05, 4.69) is 0 Å². The van der Waals surface area contributed by atoms with Crippen molar-refractivity contribution in [2.45, 2.75) is 25.9 Å². The van der Waals surface area contributed by atoms with E-state index in [1.165, 1.54) is 0 Å². The maximum Gasteiger partial charge on any atom is 0.335 e. The number of halogens is 2. The molecule has 0 radical (unpaired) electrons. The van der Waals surface area contributed by atoms with Gasteiger partial charge in [-0.05, 0) is 37.8 Å². The highest BCUT2D eigenvalue weighted by molar-refractivity contribution is 5.88. The zero-order valence-corrected chi connectivity index (χ0v) is 11.1. The molecule has 1 aromatic rings. The van der Waals surface area contributed by atoms with E-state index in [9.17, 15) is 18.7 Å². The molecule has 1 aromatic carbocycles. The molecular weight excluding hydrogens is 268 g/mol. The molecule has 0 spiro atoms. The minimum Gasteiger partial charge on any atom is -0.478 e. The Kier molecular flexibility index (Phi) is 4.23. The third-order valence-electron chi connectivity index (χ3n) is 3.80. The summed E-state index contributed by atoms with van der Waals surface area (Å²) < 4.78 is 27.8. The largest absolute Gasteiger partial charge is 0.478 e. The van der Waals surface area contributed by atoms with Gasteiger partial charge in [-0.3, -0.25) is 0 Å². The van der Waals surface area contributed by atoms with Crippen LogP contribution in [0.3, 0.4) is 0 Å². The molecule has 6 heteroatoms. The van der Waals surface area contributed by atoms with Gasteiger partial charge in [0.05, 0.1) is 11.7 Å². The van der Waals surface area contributed by atoms with Crippen LogP contribution in [-0.2, 0) is 0 Å². The van der Waals surface area contributed by atoms with Crippen molar-refractivity contribution in [3.05, 3.63) is 29.3 Å². The number of anilines is 1. The van der Waals surface area contributed by atoms with Crippen molar-refractivity contribution in [3.63, 3.8) is 0 Å². The lowest BCUT2D eigenvalue weighted by Gasteiger charge is -2.35. The lowest BCUT2D eigenvalue weighted by Crippen LogP contribution is -2.38. The molecule has 0 aliphatic carbocycles. The molecule has 1 fully saturated rings. The third-order valence-corrected chi connectivity index (χ3v) is 3.80. The minimum absolute atomic E-state index is 0.135. The summed E-state index contributed by atoms with van der Waals surface area (Å²) in [6, 6.07) is 1.67. The summed E-state index contributed by atoms with van der Waals surface area (Å²) in [5.74, 6) is -2.95. The van der Waals surface area contributed by atoms with Crippen molar-refractivity contribution >= 4 is 11.7 Å². The Morgan fingerprint density at radius 2 is 1.80 bits per heavy atom.